The van der Waals surface area contributed by atoms with E-state index in [0.29, 0.717) is 0 Å². The highest BCUT2D eigenvalue weighted by Gasteiger charge is 1.95. The van der Waals surface area contributed by atoms with Crippen LogP contribution in [-0.4, -0.2) is 27.3 Å². The molecule has 0 spiro atoms. The van der Waals surface area contributed by atoms with Crippen LogP contribution in [0, 0.1) is 0 Å². The molecule has 0 aliphatic rings. The molecule has 0 bridgehead atoms. The molecule has 0 saturated heterocycles. The van der Waals surface area contributed by atoms with Crippen molar-refractivity contribution in [3.05, 3.63) is 30.6 Å². The molecule has 0 fully saturated rings. The summed E-state index contributed by atoms with van der Waals surface area (Å²) in [5.41, 5.74) is 5.35. The highest BCUT2D eigenvalue weighted by Crippen LogP contribution is 1.88. The Labute approximate surface area is 85.1 Å². The van der Waals surface area contributed by atoms with Crippen molar-refractivity contribution in [1.82, 2.24) is 4.98 Å². The minimum atomic E-state index is 0. The van der Waals surface area contributed by atoms with E-state index in [1.54, 1.807) is 12.4 Å². The third kappa shape index (κ3) is 35.0. The molecule has 1 aromatic heterocycles. The van der Waals surface area contributed by atoms with E-state index in [9.17, 15) is 0 Å². The average Bonchev–Trinajstić information content (AvgIpc) is 1.88. The summed E-state index contributed by atoms with van der Waals surface area (Å²) in [4.78, 5) is 3.78. The molecule has 4 heteroatoms. The van der Waals surface area contributed by atoms with Gasteiger partial charge in [0.15, 0.2) is 0 Å². The number of aromatic nitrogens is 1. The van der Waals surface area contributed by atoms with Gasteiger partial charge in [0.25, 0.3) is 0 Å². The first-order valence-electron chi connectivity index (χ1n) is 3.64. The maximum absolute atomic E-state index is 5.35. The zero-order chi connectivity index (χ0) is 8.74. The largest absolute Gasteiger partial charge is 0.326 e. The van der Waals surface area contributed by atoms with E-state index >= 15 is 0 Å². The molecule has 0 aliphatic heterocycles. The fourth-order valence-corrected chi connectivity index (χ4v) is 0.313. The maximum Gasteiger partial charge on any atom is 0.0814 e. The van der Waals surface area contributed by atoms with E-state index in [0.717, 1.165) is 0 Å². The first-order valence-corrected chi connectivity index (χ1v) is 3.64. The van der Waals surface area contributed by atoms with Crippen molar-refractivity contribution in [3.63, 3.8) is 0 Å². The third-order valence-electron chi connectivity index (χ3n) is 0.566. The van der Waals surface area contributed by atoms with Crippen molar-refractivity contribution in [3.8, 4) is 0 Å². The van der Waals surface area contributed by atoms with Gasteiger partial charge in [-0.25, -0.2) is 0 Å². The van der Waals surface area contributed by atoms with Crippen molar-refractivity contribution >= 4 is 16.8 Å². The van der Waals surface area contributed by atoms with Crippen molar-refractivity contribution < 1.29 is 0 Å². The second kappa shape index (κ2) is 9.33. The van der Waals surface area contributed by atoms with Crippen LogP contribution < -0.4 is 5.73 Å². The van der Waals surface area contributed by atoms with Crippen molar-refractivity contribution in [2.24, 2.45) is 5.73 Å². The molecule has 0 unspecified atom stereocenters. The fraction of sp³-hybridized carbons (Fsp3) is 0.444. The van der Waals surface area contributed by atoms with Crippen LogP contribution in [0.1, 0.15) is 20.8 Å². The van der Waals surface area contributed by atoms with E-state index in [-0.39, 0.29) is 22.4 Å². The lowest BCUT2D eigenvalue weighted by molar-refractivity contribution is 0.580. The van der Waals surface area contributed by atoms with Crippen LogP contribution in [0.5, 0.6) is 0 Å². The van der Waals surface area contributed by atoms with E-state index in [2.05, 4.69) is 4.98 Å². The number of nitrogens with zero attached hydrogens (tertiary/aromatic N) is 1. The minimum Gasteiger partial charge on any atom is -0.326 e. The van der Waals surface area contributed by atoms with Crippen LogP contribution in [0.15, 0.2) is 30.6 Å². The van der Waals surface area contributed by atoms with E-state index in [1.807, 2.05) is 39.0 Å². The Morgan fingerprint density at radius 3 is 1.31 bits per heavy atom. The summed E-state index contributed by atoms with van der Waals surface area (Å²) in [6.45, 7) is 5.90. The summed E-state index contributed by atoms with van der Waals surface area (Å²) in [6.07, 6.45) is 3.50. The van der Waals surface area contributed by atoms with Gasteiger partial charge in [-0.1, -0.05) is 6.07 Å². The fourth-order valence-electron chi connectivity index (χ4n) is 0.313. The molecule has 74 valence electrons. The van der Waals surface area contributed by atoms with Crippen LogP contribution >= 0.6 is 0 Å². The SMILES string of the molecule is B.B.CC(C)(C)N.c1ccncc1. The molecule has 1 heterocycles. The predicted octanol–water partition coefficient (Wildman–Crippen LogP) is -0.543. The summed E-state index contributed by atoms with van der Waals surface area (Å²) in [5, 5.41) is 0. The van der Waals surface area contributed by atoms with Crippen LogP contribution in [0.25, 0.3) is 0 Å². The molecule has 13 heavy (non-hydrogen) atoms. The Bertz CT molecular complexity index is 140. The standard InChI is InChI=1S/C5H5N.C4H11N.2BH3/c1-2-4-6-5-3-1;1-4(2,3)5;;/h1-5H;5H2,1-3H3;2*1H3. The van der Waals surface area contributed by atoms with Crippen molar-refractivity contribution in [2.45, 2.75) is 26.3 Å². The molecular weight excluding hydrogens is 158 g/mol. The quantitative estimate of drug-likeness (QED) is 0.544. The smallest absolute Gasteiger partial charge is 0.0814 e. The zero-order valence-electron chi connectivity index (χ0n) is 7.41. The van der Waals surface area contributed by atoms with E-state index < -0.39 is 0 Å². The lowest BCUT2D eigenvalue weighted by atomic mass is 10.1. The van der Waals surface area contributed by atoms with Gasteiger partial charge < -0.3 is 5.73 Å². The zero-order valence-corrected chi connectivity index (χ0v) is 7.41. The normalized spacial score (nSPS) is 8.31. The second-order valence-electron chi connectivity index (χ2n) is 3.39. The highest BCUT2D eigenvalue weighted by molar-refractivity contribution is 5.76. The van der Waals surface area contributed by atoms with Gasteiger partial charge in [0, 0.05) is 17.9 Å². The van der Waals surface area contributed by atoms with Crippen molar-refractivity contribution in [1.29, 1.82) is 0 Å². The van der Waals surface area contributed by atoms with Gasteiger partial charge >= 0.3 is 0 Å². The van der Waals surface area contributed by atoms with Gasteiger partial charge in [0.05, 0.1) is 16.8 Å². The summed E-state index contributed by atoms with van der Waals surface area (Å²) in [6, 6.07) is 5.72. The highest BCUT2D eigenvalue weighted by atomic mass is 14.7. The van der Waals surface area contributed by atoms with Gasteiger partial charge in [0.1, 0.15) is 0 Å². The molecule has 1 rings (SSSR count). The maximum atomic E-state index is 5.35. The molecule has 0 radical (unpaired) electrons. The molecule has 1 aromatic rings. The predicted molar refractivity (Wildman–Crippen MR) is 68.1 cm³/mol. The van der Waals surface area contributed by atoms with Gasteiger partial charge in [0.2, 0.25) is 0 Å². The van der Waals surface area contributed by atoms with E-state index in [4.69, 9.17) is 5.73 Å². The molecule has 0 amide bonds. The van der Waals surface area contributed by atoms with Gasteiger partial charge in [-0.15, -0.1) is 0 Å². The monoisotopic (exact) mass is 180 g/mol. The molecule has 2 N–H and O–H groups in total. The van der Waals surface area contributed by atoms with Gasteiger partial charge in [-0.05, 0) is 32.9 Å². The summed E-state index contributed by atoms with van der Waals surface area (Å²) >= 11 is 0. The number of hydrogen-bond donors (Lipinski definition) is 1. The second-order valence-corrected chi connectivity index (χ2v) is 3.39. The van der Waals surface area contributed by atoms with Crippen LogP contribution in [0.3, 0.4) is 0 Å². The first kappa shape index (κ1) is 18.1. The summed E-state index contributed by atoms with van der Waals surface area (Å²) < 4.78 is 0. The molecule has 0 aliphatic carbocycles. The summed E-state index contributed by atoms with van der Waals surface area (Å²) in [7, 11) is 0. The Morgan fingerprint density at radius 1 is 0.923 bits per heavy atom. The number of nitrogens with two attached hydrogens (primary N) is 1. The summed E-state index contributed by atoms with van der Waals surface area (Å²) in [5.74, 6) is 0. The van der Waals surface area contributed by atoms with Gasteiger partial charge in [-0.3, -0.25) is 4.98 Å². The van der Waals surface area contributed by atoms with Crippen LogP contribution in [0.4, 0.5) is 0 Å². The molecule has 0 atom stereocenters. The van der Waals surface area contributed by atoms with Crippen LogP contribution in [0.2, 0.25) is 0 Å². The first-order chi connectivity index (χ1) is 5.00. The lowest BCUT2D eigenvalue weighted by Crippen LogP contribution is -2.26. The van der Waals surface area contributed by atoms with E-state index in [1.165, 1.54) is 0 Å². The lowest BCUT2D eigenvalue weighted by Gasteiger charge is -2.06. The van der Waals surface area contributed by atoms with Crippen LogP contribution in [-0.2, 0) is 0 Å². The minimum absolute atomic E-state index is 0. The third-order valence-corrected chi connectivity index (χ3v) is 0.566. The van der Waals surface area contributed by atoms with Crippen molar-refractivity contribution in [2.75, 3.05) is 0 Å². The van der Waals surface area contributed by atoms with Gasteiger partial charge in [-0.2, -0.15) is 0 Å². The number of hydrogen-bond acceptors (Lipinski definition) is 2. The Kier molecular flexibility index (Phi) is 13.0. The average molecular weight is 180 g/mol. The Morgan fingerprint density at radius 2 is 1.23 bits per heavy atom. The number of rotatable bonds is 0. The Balaban J connectivity index is -0.000000136. The molecular formula is C9H22B2N2. The Hall–Kier alpha value is -0.760. The molecule has 0 aromatic carbocycles. The molecule has 2 nitrogen and oxygen atoms in total. The topological polar surface area (TPSA) is 38.9 Å². The number of pyridine rings is 1. The molecule has 0 saturated carbocycles.